The maximum Gasteiger partial charge on any atom is 0.244 e. The molecule has 1 unspecified atom stereocenters. The van der Waals surface area contributed by atoms with Gasteiger partial charge in [0.05, 0.1) is 6.54 Å². The highest BCUT2D eigenvalue weighted by atomic mass is 16.2. The Labute approximate surface area is 70.1 Å². The molecule has 2 N–H and O–H groups in total. The minimum Gasteiger partial charge on any atom is -0.345 e. The van der Waals surface area contributed by atoms with Crippen LogP contribution in [0.15, 0.2) is 0 Å². The van der Waals surface area contributed by atoms with Gasteiger partial charge in [-0.1, -0.05) is 0 Å². The summed E-state index contributed by atoms with van der Waals surface area (Å²) in [4.78, 5) is 24.1. The molecule has 2 heterocycles. The van der Waals surface area contributed by atoms with Gasteiger partial charge in [0.1, 0.15) is 6.04 Å². The third-order valence-electron chi connectivity index (χ3n) is 2.28. The Kier molecular flexibility index (Phi) is 1.73. The molecule has 0 bridgehead atoms. The zero-order chi connectivity index (χ0) is 8.55. The standard InChI is InChI=1S/C7H11N3O2/c11-6-4-9-7(12)5-3-8-1-2-10(5)6/h5,8H,1-4H2,(H,9,12). The molecule has 12 heavy (non-hydrogen) atoms. The van der Waals surface area contributed by atoms with Gasteiger partial charge < -0.3 is 15.5 Å². The minimum atomic E-state index is -0.278. The zero-order valence-corrected chi connectivity index (χ0v) is 6.67. The number of amides is 2. The largest absolute Gasteiger partial charge is 0.345 e. The van der Waals surface area contributed by atoms with E-state index in [9.17, 15) is 9.59 Å². The SMILES string of the molecule is O=C1NCC(=O)N2CCNCC12. The van der Waals surface area contributed by atoms with Gasteiger partial charge in [0, 0.05) is 19.6 Å². The molecule has 5 nitrogen and oxygen atoms in total. The number of carbonyl (C=O) groups excluding carboxylic acids is 2. The Morgan fingerprint density at radius 3 is 3.00 bits per heavy atom. The predicted octanol–water partition coefficient (Wildman–Crippen LogP) is -2.08. The van der Waals surface area contributed by atoms with Gasteiger partial charge in [0.2, 0.25) is 11.8 Å². The molecule has 5 heteroatoms. The second-order valence-electron chi connectivity index (χ2n) is 3.02. The van der Waals surface area contributed by atoms with Crippen LogP contribution in [-0.2, 0) is 9.59 Å². The second-order valence-corrected chi connectivity index (χ2v) is 3.02. The lowest BCUT2D eigenvalue weighted by Crippen LogP contribution is -2.65. The first-order valence-electron chi connectivity index (χ1n) is 4.07. The molecule has 0 radical (unpaired) electrons. The first-order chi connectivity index (χ1) is 5.79. The molecular weight excluding hydrogens is 158 g/mol. The predicted molar refractivity (Wildman–Crippen MR) is 41.4 cm³/mol. The third-order valence-corrected chi connectivity index (χ3v) is 2.28. The van der Waals surface area contributed by atoms with Gasteiger partial charge in [-0.05, 0) is 0 Å². The molecule has 0 spiro atoms. The first-order valence-corrected chi connectivity index (χ1v) is 4.07. The van der Waals surface area contributed by atoms with E-state index in [1.54, 1.807) is 4.90 Å². The maximum absolute atomic E-state index is 11.3. The van der Waals surface area contributed by atoms with Crippen LogP contribution in [0.4, 0.5) is 0 Å². The van der Waals surface area contributed by atoms with Gasteiger partial charge in [-0.3, -0.25) is 9.59 Å². The van der Waals surface area contributed by atoms with E-state index in [2.05, 4.69) is 10.6 Å². The van der Waals surface area contributed by atoms with Crippen LogP contribution >= 0.6 is 0 Å². The number of carbonyl (C=O) groups is 2. The zero-order valence-electron chi connectivity index (χ0n) is 6.67. The van der Waals surface area contributed by atoms with Crippen molar-refractivity contribution in [3.05, 3.63) is 0 Å². The number of hydrogen-bond donors (Lipinski definition) is 2. The number of fused-ring (bicyclic) bond motifs is 1. The molecule has 0 aromatic carbocycles. The maximum atomic E-state index is 11.3. The van der Waals surface area contributed by atoms with Crippen molar-refractivity contribution < 1.29 is 9.59 Å². The lowest BCUT2D eigenvalue weighted by molar-refractivity contribution is -0.146. The molecular formula is C7H11N3O2. The summed E-state index contributed by atoms with van der Waals surface area (Å²) in [6.07, 6.45) is 0. The van der Waals surface area contributed by atoms with Crippen molar-refractivity contribution >= 4 is 11.8 Å². The molecule has 2 rings (SSSR count). The molecule has 2 aliphatic heterocycles. The van der Waals surface area contributed by atoms with E-state index in [1.807, 2.05) is 0 Å². The molecule has 66 valence electrons. The summed E-state index contributed by atoms with van der Waals surface area (Å²) in [5, 5.41) is 5.64. The van der Waals surface area contributed by atoms with Crippen molar-refractivity contribution in [3.8, 4) is 0 Å². The summed E-state index contributed by atoms with van der Waals surface area (Å²) < 4.78 is 0. The average molecular weight is 169 g/mol. The van der Waals surface area contributed by atoms with Crippen LogP contribution < -0.4 is 10.6 Å². The van der Waals surface area contributed by atoms with Gasteiger partial charge in [-0.15, -0.1) is 0 Å². The monoisotopic (exact) mass is 169 g/mol. The number of rotatable bonds is 0. The third kappa shape index (κ3) is 1.06. The fraction of sp³-hybridized carbons (Fsp3) is 0.714. The normalized spacial score (nSPS) is 29.7. The van der Waals surface area contributed by atoms with Gasteiger partial charge in [-0.2, -0.15) is 0 Å². The molecule has 2 fully saturated rings. The highest BCUT2D eigenvalue weighted by Crippen LogP contribution is 2.07. The fourth-order valence-electron chi connectivity index (χ4n) is 1.62. The Balaban J connectivity index is 2.16. The molecule has 1 atom stereocenters. The van der Waals surface area contributed by atoms with Crippen molar-refractivity contribution in [1.29, 1.82) is 0 Å². The van der Waals surface area contributed by atoms with Crippen LogP contribution in [0.25, 0.3) is 0 Å². The number of nitrogens with one attached hydrogen (secondary N) is 2. The molecule has 0 aromatic rings. The molecule has 2 amide bonds. The van der Waals surface area contributed by atoms with Crippen molar-refractivity contribution in [2.75, 3.05) is 26.2 Å². The van der Waals surface area contributed by atoms with Crippen molar-refractivity contribution in [2.45, 2.75) is 6.04 Å². The van der Waals surface area contributed by atoms with Crippen LogP contribution in [0.1, 0.15) is 0 Å². The molecule has 2 aliphatic rings. The quantitative estimate of drug-likeness (QED) is 0.437. The van der Waals surface area contributed by atoms with Crippen molar-refractivity contribution in [2.24, 2.45) is 0 Å². The molecule has 2 saturated heterocycles. The van der Waals surface area contributed by atoms with Crippen LogP contribution in [0.3, 0.4) is 0 Å². The second kappa shape index (κ2) is 2.75. The smallest absolute Gasteiger partial charge is 0.244 e. The Hall–Kier alpha value is -1.10. The van der Waals surface area contributed by atoms with E-state index in [4.69, 9.17) is 0 Å². The highest BCUT2D eigenvalue weighted by molar-refractivity contribution is 5.95. The van der Waals surface area contributed by atoms with E-state index < -0.39 is 0 Å². The summed E-state index contributed by atoms with van der Waals surface area (Å²) >= 11 is 0. The van der Waals surface area contributed by atoms with Gasteiger partial charge >= 0.3 is 0 Å². The number of nitrogens with zero attached hydrogens (tertiary/aromatic N) is 1. The summed E-state index contributed by atoms with van der Waals surface area (Å²) in [5.74, 6) is -0.0112. The first kappa shape index (κ1) is 7.54. The van der Waals surface area contributed by atoms with Crippen LogP contribution in [0, 0.1) is 0 Å². The number of piperazine rings is 2. The Bertz CT molecular complexity index is 205. The Morgan fingerprint density at radius 2 is 2.25 bits per heavy atom. The fourth-order valence-corrected chi connectivity index (χ4v) is 1.62. The summed E-state index contributed by atoms with van der Waals surface area (Å²) in [6.45, 7) is 2.18. The lowest BCUT2D eigenvalue weighted by Gasteiger charge is -2.38. The summed E-state index contributed by atoms with van der Waals surface area (Å²) in [6, 6.07) is -0.278. The summed E-state index contributed by atoms with van der Waals surface area (Å²) in [7, 11) is 0. The lowest BCUT2D eigenvalue weighted by atomic mass is 10.1. The van der Waals surface area contributed by atoms with Crippen LogP contribution in [0.5, 0.6) is 0 Å². The topological polar surface area (TPSA) is 61.4 Å². The van der Waals surface area contributed by atoms with Crippen molar-refractivity contribution in [1.82, 2.24) is 15.5 Å². The highest BCUT2D eigenvalue weighted by Gasteiger charge is 2.35. The van der Waals surface area contributed by atoms with E-state index in [0.717, 1.165) is 6.54 Å². The van der Waals surface area contributed by atoms with Gasteiger partial charge in [0.25, 0.3) is 0 Å². The van der Waals surface area contributed by atoms with Crippen molar-refractivity contribution in [3.63, 3.8) is 0 Å². The molecule has 0 aliphatic carbocycles. The Morgan fingerprint density at radius 1 is 1.42 bits per heavy atom. The van der Waals surface area contributed by atoms with Gasteiger partial charge in [-0.25, -0.2) is 0 Å². The molecule has 0 aromatic heterocycles. The summed E-state index contributed by atoms with van der Waals surface area (Å²) in [5.41, 5.74) is 0. The molecule has 0 saturated carbocycles. The van der Waals surface area contributed by atoms with E-state index in [-0.39, 0.29) is 24.4 Å². The average Bonchev–Trinajstić information content (AvgIpc) is 2.12. The van der Waals surface area contributed by atoms with Gasteiger partial charge in [0.15, 0.2) is 0 Å². The van der Waals surface area contributed by atoms with Crippen LogP contribution in [-0.4, -0.2) is 48.9 Å². The van der Waals surface area contributed by atoms with Crippen LogP contribution in [0.2, 0.25) is 0 Å². The minimum absolute atomic E-state index is 0.0288. The van der Waals surface area contributed by atoms with E-state index in [1.165, 1.54) is 0 Å². The van der Waals surface area contributed by atoms with E-state index >= 15 is 0 Å². The van der Waals surface area contributed by atoms with E-state index in [0.29, 0.717) is 13.1 Å². The number of hydrogen-bond acceptors (Lipinski definition) is 3.